The van der Waals surface area contributed by atoms with Crippen molar-refractivity contribution in [3.63, 3.8) is 0 Å². The summed E-state index contributed by atoms with van der Waals surface area (Å²) in [6.45, 7) is 2.27. The van der Waals surface area contributed by atoms with Crippen LogP contribution in [-0.2, 0) is 10.8 Å². The zero-order chi connectivity index (χ0) is 13.7. The van der Waals surface area contributed by atoms with Gasteiger partial charge in [0.1, 0.15) is 6.20 Å². The molecule has 9 heteroatoms. The second-order valence-electron chi connectivity index (χ2n) is 3.65. The Hall–Kier alpha value is -1.28. The minimum Gasteiger partial charge on any atom is -0.364 e. The van der Waals surface area contributed by atoms with E-state index in [2.05, 4.69) is 15.3 Å². The number of aromatic nitrogens is 2. The molecule has 0 aliphatic heterocycles. The normalized spacial score (nSPS) is 13.9. The van der Waals surface area contributed by atoms with Crippen molar-refractivity contribution in [1.82, 2.24) is 9.97 Å². The van der Waals surface area contributed by atoms with Crippen LogP contribution in [-0.4, -0.2) is 37.2 Å². The molecular formula is C9H13ClN4O3S. The van der Waals surface area contributed by atoms with E-state index in [1.54, 1.807) is 6.26 Å². The average Bonchev–Trinajstić information content (AvgIpc) is 2.28. The van der Waals surface area contributed by atoms with E-state index < -0.39 is 15.7 Å². The van der Waals surface area contributed by atoms with Gasteiger partial charge in [-0.1, -0.05) is 6.92 Å². The monoisotopic (exact) mass is 292 g/mol. The van der Waals surface area contributed by atoms with Gasteiger partial charge in [-0.3, -0.25) is 14.3 Å². The average molecular weight is 293 g/mol. The van der Waals surface area contributed by atoms with Crippen LogP contribution >= 0.6 is 11.6 Å². The smallest absolute Gasteiger partial charge is 0.329 e. The predicted molar refractivity (Wildman–Crippen MR) is 70.3 cm³/mol. The largest absolute Gasteiger partial charge is 0.364 e. The van der Waals surface area contributed by atoms with Crippen molar-refractivity contribution in [2.45, 2.75) is 18.6 Å². The van der Waals surface area contributed by atoms with Gasteiger partial charge >= 0.3 is 5.69 Å². The lowest BCUT2D eigenvalue weighted by Crippen LogP contribution is -2.16. The van der Waals surface area contributed by atoms with Gasteiger partial charge in [0, 0.05) is 28.9 Å². The number of nitrogens with one attached hydrogen (secondary N) is 1. The van der Waals surface area contributed by atoms with Crippen molar-refractivity contribution in [3.8, 4) is 0 Å². The van der Waals surface area contributed by atoms with Gasteiger partial charge < -0.3 is 5.32 Å². The summed E-state index contributed by atoms with van der Waals surface area (Å²) in [6, 6.07) is 0. The molecule has 1 aromatic rings. The Morgan fingerprint density at radius 2 is 2.33 bits per heavy atom. The third-order valence-corrected chi connectivity index (χ3v) is 3.90. The molecule has 18 heavy (non-hydrogen) atoms. The Balaban J connectivity index is 2.69. The maximum atomic E-state index is 11.1. The predicted octanol–water partition coefficient (Wildman–Crippen LogP) is 1.61. The van der Waals surface area contributed by atoms with E-state index in [0.717, 1.165) is 6.20 Å². The molecule has 0 radical (unpaired) electrons. The Bertz CT molecular complexity index is 471. The van der Waals surface area contributed by atoms with Gasteiger partial charge in [0.25, 0.3) is 0 Å². The first-order valence-corrected chi connectivity index (χ1v) is 7.14. The van der Waals surface area contributed by atoms with Gasteiger partial charge in [0.2, 0.25) is 11.1 Å². The maximum absolute atomic E-state index is 11.1. The van der Waals surface area contributed by atoms with Crippen molar-refractivity contribution in [1.29, 1.82) is 0 Å². The molecule has 1 heterocycles. The summed E-state index contributed by atoms with van der Waals surface area (Å²) >= 11 is 5.58. The second-order valence-corrected chi connectivity index (χ2v) is 5.79. The molecular weight excluding hydrogens is 280 g/mol. The highest BCUT2D eigenvalue weighted by atomic mass is 35.5. The first-order chi connectivity index (χ1) is 8.41. The van der Waals surface area contributed by atoms with Crippen LogP contribution in [0, 0.1) is 10.1 Å². The van der Waals surface area contributed by atoms with Gasteiger partial charge in [-0.25, -0.2) is 4.98 Å². The van der Waals surface area contributed by atoms with E-state index in [1.807, 2.05) is 6.92 Å². The Kier molecular flexibility index (Phi) is 5.42. The SMILES string of the molecule is CC(CCNc1nc(Cl)ncc1[N+](=O)[O-])S(C)=O. The molecule has 0 aliphatic rings. The highest BCUT2D eigenvalue weighted by Gasteiger charge is 2.16. The summed E-state index contributed by atoms with van der Waals surface area (Å²) in [5.74, 6) is 0.0779. The third-order valence-electron chi connectivity index (χ3n) is 2.35. The van der Waals surface area contributed by atoms with E-state index in [1.165, 1.54) is 0 Å². The first-order valence-electron chi connectivity index (χ1n) is 5.15. The summed E-state index contributed by atoms with van der Waals surface area (Å²) in [5.41, 5.74) is -0.232. The lowest BCUT2D eigenvalue weighted by molar-refractivity contribution is -0.384. The van der Waals surface area contributed by atoms with E-state index in [-0.39, 0.29) is 22.0 Å². The number of anilines is 1. The van der Waals surface area contributed by atoms with Crippen molar-refractivity contribution in [2.75, 3.05) is 18.1 Å². The number of nitro groups is 1. The first kappa shape index (κ1) is 14.8. The Labute approximate surface area is 112 Å². The fourth-order valence-electron chi connectivity index (χ4n) is 1.18. The molecule has 0 bridgehead atoms. The van der Waals surface area contributed by atoms with E-state index in [9.17, 15) is 14.3 Å². The van der Waals surface area contributed by atoms with Crippen molar-refractivity contribution >= 4 is 33.9 Å². The van der Waals surface area contributed by atoms with Crippen LogP contribution in [0.25, 0.3) is 0 Å². The highest BCUT2D eigenvalue weighted by Crippen LogP contribution is 2.21. The highest BCUT2D eigenvalue weighted by molar-refractivity contribution is 7.84. The molecule has 0 saturated carbocycles. The van der Waals surface area contributed by atoms with Gasteiger partial charge in [-0.2, -0.15) is 4.98 Å². The number of hydrogen-bond acceptors (Lipinski definition) is 6. The molecule has 0 fully saturated rings. The molecule has 0 aromatic carbocycles. The molecule has 1 aromatic heterocycles. The van der Waals surface area contributed by atoms with Crippen molar-refractivity contribution < 1.29 is 9.13 Å². The second kappa shape index (κ2) is 6.60. The Morgan fingerprint density at radius 3 is 2.89 bits per heavy atom. The molecule has 0 amide bonds. The lowest BCUT2D eigenvalue weighted by Gasteiger charge is -2.09. The summed E-state index contributed by atoms with van der Waals surface area (Å²) in [4.78, 5) is 17.5. The molecule has 1 N–H and O–H groups in total. The quantitative estimate of drug-likeness (QED) is 0.486. The minimum atomic E-state index is -0.919. The maximum Gasteiger partial charge on any atom is 0.329 e. The minimum absolute atomic E-state index is 0.00821. The summed E-state index contributed by atoms with van der Waals surface area (Å²) in [5, 5.41) is 13.5. The Morgan fingerprint density at radius 1 is 1.67 bits per heavy atom. The number of nitrogens with zero attached hydrogens (tertiary/aromatic N) is 3. The zero-order valence-corrected chi connectivity index (χ0v) is 11.5. The van der Waals surface area contributed by atoms with E-state index in [4.69, 9.17) is 11.6 Å². The van der Waals surface area contributed by atoms with Crippen LogP contribution in [0.4, 0.5) is 11.5 Å². The lowest BCUT2D eigenvalue weighted by atomic mass is 10.3. The topological polar surface area (TPSA) is 98.0 Å². The molecule has 2 atom stereocenters. The van der Waals surface area contributed by atoms with Crippen LogP contribution < -0.4 is 5.32 Å². The molecule has 0 aliphatic carbocycles. The number of halogens is 1. The fraction of sp³-hybridized carbons (Fsp3) is 0.556. The fourth-order valence-corrected chi connectivity index (χ4v) is 1.76. The summed E-state index contributed by atoms with van der Waals surface area (Å²) in [6.07, 6.45) is 3.29. The zero-order valence-electron chi connectivity index (χ0n) is 9.92. The van der Waals surface area contributed by atoms with Crippen LogP contribution in [0.1, 0.15) is 13.3 Å². The number of hydrogen-bond donors (Lipinski definition) is 1. The summed E-state index contributed by atoms with van der Waals surface area (Å²) < 4.78 is 11.1. The van der Waals surface area contributed by atoms with Gasteiger partial charge in [0.15, 0.2) is 0 Å². The molecule has 1 rings (SSSR count). The molecule has 7 nitrogen and oxygen atoms in total. The van der Waals surface area contributed by atoms with Gasteiger partial charge in [-0.15, -0.1) is 0 Å². The standard InChI is InChI=1S/C9H13ClN4O3S/c1-6(18(2)17)3-4-11-8-7(14(15)16)5-12-9(10)13-8/h5-6H,3-4H2,1-2H3,(H,11,12,13). The van der Waals surface area contributed by atoms with Crippen LogP contribution in [0.15, 0.2) is 6.20 Å². The van der Waals surface area contributed by atoms with Crippen LogP contribution in [0.5, 0.6) is 0 Å². The van der Waals surface area contributed by atoms with Crippen molar-refractivity contribution in [3.05, 3.63) is 21.6 Å². The molecule has 100 valence electrons. The molecule has 0 saturated heterocycles. The summed E-state index contributed by atoms with van der Waals surface area (Å²) in [7, 11) is -0.919. The van der Waals surface area contributed by atoms with Gasteiger partial charge in [-0.05, 0) is 18.0 Å². The number of rotatable bonds is 6. The van der Waals surface area contributed by atoms with Crippen molar-refractivity contribution in [2.24, 2.45) is 0 Å². The third kappa shape index (κ3) is 4.19. The van der Waals surface area contributed by atoms with Crippen LogP contribution in [0.2, 0.25) is 5.28 Å². The van der Waals surface area contributed by atoms with Crippen LogP contribution in [0.3, 0.4) is 0 Å². The van der Waals surface area contributed by atoms with E-state index in [0.29, 0.717) is 13.0 Å². The molecule has 2 unspecified atom stereocenters. The van der Waals surface area contributed by atoms with Gasteiger partial charge in [0.05, 0.1) is 4.92 Å². The van der Waals surface area contributed by atoms with E-state index >= 15 is 0 Å². The molecule has 0 spiro atoms.